The van der Waals surface area contributed by atoms with Gasteiger partial charge in [0, 0.05) is 85.3 Å². The molecule has 440 valence electrons. The van der Waals surface area contributed by atoms with E-state index >= 15 is 0 Å². The Morgan fingerprint density at radius 2 is 0.789 bits per heavy atom. The Morgan fingerprint density at radius 3 is 1.32 bits per heavy atom. The Balaban J connectivity index is 0.935. The van der Waals surface area contributed by atoms with E-state index < -0.39 is 5.41 Å². The van der Waals surface area contributed by atoms with Crippen molar-refractivity contribution in [2.24, 2.45) is 0 Å². The molecule has 2 aromatic heterocycles. The lowest BCUT2D eigenvalue weighted by Crippen LogP contribution is -2.27. The highest BCUT2D eigenvalue weighted by Crippen LogP contribution is 2.69. The number of nitrogens with zero attached hydrogens (tertiary/aromatic N) is 2. The van der Waals surface area contributed by atoms with Gasteiger partial charge >= 0.3 is 0 Å². The maximum atomic E-state index is 2.70. The van der Waals surface area contributed by atoms with Crippen molar-refractivity contribution in [3.63, 3.8) is 0 Å². The molecule has 2 fully saturated rings. The molecule has 2 saturated carbocycles. The van der Waals surface area contributed by atoms with Crippen LogP contribution < -0.4 is 9.80 Å². The van der Waals surface area contributed by atoms with Crippen molar-refractivity contribution < 1.29 is 0 Å². The van der Waals surface area contributed by atoms with Crippen LogP contribution in [0.15, 0.2) is 218 Å². The van der Waals surface area contributed by atoms with E-state index in [0.717, 1.165) is 11.4 Å². The molecular weight excluding hydrogens is 1130 g/mol. The predicted molar refractivity (Wildman–Crippen MR) is 386 cm³/mol. The molecule has 2 nitrogen and oxygen atoms in total. The smallest absolute Gasteiger partial charge is 0.0727 e. The third-order valence-corrected chi connectivity index (χ3v) is 24.6. The topological polar surface area (TPSA) is 6.48 Å². The zero-order valence-electron chi connectivity index (χ0n) is 52.5. The van der Waals surface area contributed by atoms with E-state index in [1.165, 1.54) is 192 Å². The van der Waals surface area contributed by atoms with Gasteiger partial charge in [0.05, 0.1) is 11.1 Å². The molecule has 1 spiro atoms. The zero-order valence-corrected chi connectivity index (χ0v) is 54.1. The molecule has 0 radical (unpaired) electrons. The molecule has 11 aromatic carbocycles. The first-order valence-electron chi connectivity index (χ1n) is 33.4. The summed E-state index contributed by atoms with van der Waals surface area (Å²) in [5.41, 5.74) is 27.9. The minimum absolute atomic E-state index is 0.310. The SMILES string of the molecule is CC(C)c1ccc(N(c2ccc3c(c2)C2(c4ccccc4-c4ccccc42)c2cc4c(c(N(c5ccc(C(C)C)cc5)c5ccc6c(c5)sc5c(C7CCCC7)cccc56)c2-3)-c2ccccc2C4(C)C)c2ccc3c(c2)sc2c(C4CCCC4)cccc23)cc1. The minimum atomic E-state index is -0.666. The second kappa shape index (κ2) is 20.5. The van der Waals surface area contributed by atoms with E-state index in [9.17, 15) is 0 Å². The highest BCUT2D eigenvalue weighted by atomic mass is 32.1. The lowest BCUT2D eigenvalue weighted by atomic mass is 9.69. The number of benzene rings is 11. The molecular formula is C86H74N2S2. The predicted octanol–water partition coefficient (Wildman–Crippen LogP) is 25.6. The molecule has 2 heterocycles. The minimum Gasteiger partial charge on any atom is -0.310 e. The molecule has 5 aliphatic carbocycles. The molecule has 0 saturated heterocycles. The van der Waals surface area contributed by atoms with Gasteiger partial charge in [-0.3, -0.25) is 0 Å². The van der Waals surface area contributed by atoms with Gasteiger partial charge in [0.15, 0.2) is 0 Å². The van der Waals surface area contributed by atoms with Gasteiger partial charge in [-0.25, -0.2) is 0 Å². The first-order chi connectivity index (χ1) is 44.0. The van der Waals surface area contributed by atoms with Crippen LogP contribution in [0.4, 0.5) is 34.1 Å². The molecule has 18 rings (SSSR count). The maximum absolute atomic E-state index is 2.70. The second-order valence-corrected chi connectivity index (χ2v) is 30.1. The average Bonchev–Trinajstić information content (AvgIpc) is 1.49. The fraction of sp³-hybridized carbons (Fsp3) is 0.233. The van der Waals surface area contributed by atoms with Crippen LogP contribution in [0.25, 0.3) is 73.7 Å². The van der Waals surface area contributed by atoms with Crippen LogP contribution >= 0.6 is 22.7 Å². The molecule has 4 heteroatoms. The molecule has 0 N–H and O–H groups in total. The summed E-state index contributed by atoms with van der Waals surface area (Å²) in [4.78, 5) is 5.27. The third-order valence-electron chi connectivity index (χ3n) is 22.1. The van der Waals surface area contributed by atoms with Crippen molar-refractivity contribution in [1.82, 2.24) is 0 Å². The van der Waals surface area contributed by atoms with Crippen molar-refractivity contribution in [1.29, 1.82) is 0 Å². The quantitative estimate of drug-likeness (QED) is 0.135. The van der Waals surface area contributed by atoms with Crippen molar-refractivity contribution >= 4 is 97.1 Å². The normalized spacial score (nSPS) is 16.0. The highest BCUT2D eigenvalue weighted by molar-refractivity contribution is 7.26. The highest BCUT2D eigenvalue weighted by Gasteiger charge is 2.55. The zero-order chi connectivity index (χ0) is 60.3. The molecule has 0 bridgehead atoms. The Bertz CT molecular complexity index is 5030. The van der Waals surface area contributed by atoms with Gasteiger partial charge < -0.3 is 9.80 Å². The fourth-order valence-corrected chi connectivity index (χ4v) is 20.3. The Morgan fingerprint density at radius 1 is 0.356 bits per heavy atom. The van der Waals surface area contributed by atoms with Crippen LogP contribution in [-0.4, -0.2) is 0 Å². The number of anilines is 6. The van der Waals surface area contributed by atoms with Gasteiger partial charge in [-0.15, -0.1) is 22.7 Å². The Kier molecular flexibility index (Phi) is 12.4. The molecule has 5 aliphatic rings. The summed E-state index contributed by atoms with van der Waals surface area (Å²) < 4.78 is 5.61. The van der Waals surface area contributed by atoms with Crippen LogP contribution in [0.5, 0.6) is 0 Å². The number of rotatable bonds is 10. The first kappa shape index (κ1) is 54.4. The van der Waals surface area contributed by atoms with Crippen LogP contribution in [-0.2, 0) is 10.8 Å². The first-order valence-corrected chi connectivity index (χ1v) is 35.0. The number of thiophene rings is 2. The standard InChI is InChI=1S/C86H74N2S2/c1-51(2)53-33-37-57(38-34-53)87(60-41-44-66-68-28-17-26-62(55-19-7-8-20-55)83(68)89-78(66)48-60)59-43-46-71-75(47-59)86(73-31-15-11-23-64(73)65-24-12-16-32-74(65)86)77-50-76-80(70-25-13-14-30-72(70)85(76,5)6)82(81(71)77)88(58-39-35-54(36-40-58)52(3)4)61-42-45-67-69-29-18-27-63(56-21-9-10-22-56)84(69)90-79(67)49-61/h11-18,23-52,55-56H,7-10,19-22H2,1-6H3. The molecule has 13 aromatic rings. The molecule has 0 aliphatic heterocycles. The van der Waals surface area contributed by atoms with Gasteiger partial charge in [0.2, 0.25) is 0 Å². The van der Waals surface area contributed by atoms with Gasteiger partial charge in [-0.05, 0) is 188 Å². The van der Waals surface area contributed by atoms with Crippen molar-refractivity contribution in [2.45, 2.75) is 127 Å². The van der Waals surface area contributed by atoms with Crippen LogP contribution in [0, 0.1) is 0 Å². The van der Waals surface area contributed by atoms with Crippen LogP contribution in [0.3, 0.4) is 0 Å². The lowest BCUT2D eigenvalue weighted by molar-refractivity contribution is 0.657. The second-order valence-electron chi connectivity index (χ2n) is 28.0. The molecule has 0 atom stereocenters. The largest absolute Gasteiger partial charge is 0.310 e. The van der Waals surface area contributed by atoms with Crippen molar-refractivity contribution in [2.75, 3.05) is 9.80 Å². The van der Waals surface area contributed by atoms with E-state index in [2.05, 4.69) is 270 Å². The Hall–Kier alpha value is -8.54. The summed E-state index contributed by atoms with van der Waals surface area (Å²) in [5, 5.41) is 5.49. The van der Waals surface area contributed by atoms with Gasteiger partial charge in [0.1, 0.15) is 0 Å². The lowest BCUT2D eigenvalue weighted by Gasteiger charge is -2.35. The summed E-state index contributed by atoms with van der Waals surface area (Å²) in [6.07, 6.45) is 10.5. The van der Waals surface area contributed by atoms with Crippen LogP contribution in [0.2, 0.25) is 0 Å². The summed E-state index contributed by atoms with van der Waals surface area (Å²) in [7, 11) is 0. The maximum Gasteiger partial charge on any atom is 0.0727 e. The van der Waals surface area contributed by atoms with Gasteiger partial charge in [-0.2, -0.15) is 0 Å². The van der Waals surface area contributed by atoms with E-state index in [0.29, 0.717) is 23.7 Å². The summed E-state index contributed by atoms with van der Waals surface area (Å²) in [5.74, 6) is 2.09. The summed E-state index contributed by atoms with van der Waals surface area (Å²) in [6.45, 7) is 14.2. The monoisotopic (exact) mass is 1200 g/mol. The molecule has 0 unspecified atom stereocenters. The fourth-order valence-electron chi connectivity index (χ4n) is 17.7. The molecule has 90 heavy (non-hydrogen) atoms. The Labute approximate surface area is 538 Å². The van der Waals surface area contributed by atoms with E-state index in [1.807, 2.05) is 22.7 Å². The van der Waals surface area contributed by atoms with E-state index in [1.54, 1.807) is 11.1 Å². The van der Waals surface area contributed by atoms with Gasteiger partial charge in [0.25, 0.3) is 0 Å². The van der Waals surface area contributed by atoms with E-state index in [-0.39, 0.29) is 5.41 Å². The summed E-state index contributed by atoms with van der Waals surface area (Å²) >= 11 is 4.01. The average molecular weight is 1200 g/mol. The van der Waals surface area contributed by atoms with E-state index in [4.69, 9.17) is 0 Å². The van der Waals surface area contributed by atoms with Gasteiger partial charge in [-0.1, -0.05) is 225 Å². The number of hydrogen-bond acceptors (Lipinski definition) is 4. The third kappa shape index (κ3) is 7.86. The van der Waals surface area contributed by atoms with Crippen LogP contribution in [0.1, 0.15) is 172 Å². The summed E-state index contributed by atoms with van der Waals surface area (Å²) in [6, 6.07) is 86.5. The number of fused-ring (bicyclic) bond motifs is 19. The molecule has 0 amide bonds. The van der Waals surface area contributed by atoms with Crippen molar-refractivity contribution in [3.8, 4) is 33.4 Å². The number of hydrogen-bond donors (Lipinski definition) is 0. The van der Waals surface area contributed by atoms with Crippen molar-refractivity contribution in [3.05, 3.63) is 274 Å².